The van der Waals surface area contributed by atoms with Crippen LogP contribution >= 0.6 is 0 Å². The fourth-order valence-electron chi connectivity index (χ4n) is 1.92. The van der Waals surface area contributed by atoms with E-state index in [2.05, 4.69) is 10.2 Å². The van der Waals surface area contributed by atoms with Crippen molar-refractivity contribution in [3.8, 4) is 0 Å². The van der Waals surface area contributed by atoms with Gasteiger partial charge in [0.25, 0.3) is 0 Å². The van der Waals surface area contributed by atoms with Crippen molar-refractivity contribution < 1.29 is 21.8 Å². The first-order valence-electron chi connectivity index (χ1n) is 6.87. The number of Topliss-reactive ketones (excluding diaryl/α,β-unsaturated/α-hetero) is 1. The van der Waals surface area contributed by atoms with Gasteiger partial charge in [0.05, 0.1) is 0 Å². The van der Waals surface area contributed by atoms with Gasteiger partial charge in [0, 0.05) is 0 Å². The summed E-state index contributed by atoms with van der Waals surface area (Å²) < 4.78 is 30.0. The van der Waals surface area contributed by atoms with Crippen LogP contribution in [-0.4, -0.2) is 33.3 Å². The molecule has 24 heavy (non-hydrogen) atoms. The van der Waals surface area contributed by atoms with Crippen LogP contribution < -0.4 is 4.35 Å². The van der Waals surface area contributed by atoms with Gasteiger partial charge >= 0.3 is 141 Å². The number of rotatable bonds is 5. The second-order valence-electron chi connectivity index (χ2n) is 4.85. The van der Waals surface area contributed by atoms with E-state index in [1.807, 2.05) is 0 Å². The van der Waals surface area contributed by atoms with Crippen LogP contribution in [0.25, 0.3) is 5.76 Å². The summed E-state index contributed by atoms with van der Waals surface area (Å²) in [5.41, 5.74) is 0.0349. The summed E-state index contributed by atoms with van der Waals surface area (Å²) in [6, 6.07) is 14.0. The van der Waals surface area contributed by atoms with Crippen LogP contribution in [0, 0.1) is 0 Å². The Hall–Kier alpha value is -2.47. The van der Waals surface area contributed by atoms with Crippen molar-refractivity contribution in [2.24, 2.45) is 10.2 Å². The molecule has 0 radical (unpaired) electrons. The molecule has 0 aliphatic rings. The zero-order valence-corrected chi connectivity index (χ0v) is 14.6. The van der Waals surface area contributed by atoms with Gasteiger partial charge in [-0.3, -0.25) is 0 Å². The van der Waals surface area contributed by atoms with E-state index in [1.165, 1.54) is 31.2 Å². The van der Waals surface area contributed by atoms with Crippen LogP contribution in [0.1, 0.15) is 12.5 Å². The fourth-order valence-corrected chi connectivity index (χ4v) is 3.38. The van der Waals surface area contributed by atoms with Gasteiger partial charge < -0.3 is 0 Å². The number of azo groups is 1. The third-order valence-corrected chi connectivity index (χ3v) is 5.17. The number of benzene rings is 2. The number of carbonyl (C=O) groups excluding carboxylic acids is 1. The van der Waals surface area contributed by atoms with Gasteiger partial charge in [0.2, 0.25) is 0 Å². The van der Waals surface area contributed by atoms with Crippen molar-refractivity contribution in [1.29, 1.82) is 0 Å². The van der Waals surface area contributed by atoms with Crippen LogP contribution in [0.2, 0.25) is 0 Å². The van der Waals surface area contributed by atoms with Crippen LogP contribution in [0.5, 0.6) is 0 Å². The maximum absolute atomic E-state index is 11.7. The molecule has 0 atom stereocenters. The number of aliphatic hydroxyl groups is 1. The zero-order chi connectivity index (χ0) is 17.7. The molecular formula is C16H15AsN2O5. The van der Waals surface area contributed by atoms with Gasteiger partial charge in [0.1, 0.15) is 0 Å². The molecule has 0 heterocycles. The molecule has 0 aliphatic heterocycles. The zero-order valence-electron chi connectivity index (χ0n) is 12.7. The number of carbonyl (C=O) groups is 1. The molecule has 2 aromatic rings. The molecular weight excluding hydrogens is 375 g/mol. The summed E-state index contributed by atoms with van der Waals surface area (Å²) >= 11 is -5.19. The van der Waals surface area contributed by atoms with Crippen LogP contribution in [-0.2, 0) is 8.53 Å². The van der Waals surface area contributed by atoms with Crippen molar-refractivity contribution in [3.63, 3.8) is 0 Å². The van der Waals surface area contributed by atoms with Gasteiger partial charge in [-0.25, -0.2) is 0 Å². The topological polar surface area (TPSA) is 120 Å². The fraction of sp³-hybridized carbons (Fsp3) is 0.0625. The van der Waals surface area contributed by atoms with Gasteiger partial charge in [-0.1, -0.05) is 0 Å². The Labute approximate surface area is 141 Å². The Bertz CT molecular complexity index is 856. The predicted molar refractivity (Wildman–Crippen MR) is 88.1 cm³/mol. The molecule has 0 bridgehead atoms. The van der Waals surface area contributed by atoms with Crippen LogP contribution in [0.3, 0.4) is 0 Å². The number of nitrogens with zero attached hydrogens (tertiary/aromatic N) is 2. The third kappa shape index (κ3) is 4.29. The van der Waals surface area contributed by atoms with E-state index < -0.39 is 20.0 Å². The van der Waals surface area contributed by atoms with E-state index >= 15 is 0 Å². The summed E-state index contributed by atoms with van der Waals surface area (Å²) in [7, 11) is 0. The van der Waals surface area contributed by atoms with Crippen molar-refractivity contribution in [3.05, 3.63) is 65.9 Å². The summed E-state index contributed by atoms with van der Waals surface area (Å²) in [5.74, 6) is -0.884. The van der Waals surface area contributed by atoms with Crippen LogP contribution in [0.15, 0.2) is 70.5 Å². The number of hydrogen-bond acceptors (Lipinski definition) is 5. The molecule has 0 aromatic heterocycles. The molecule has 8 heteroatoms. The summed E-state index contributed by atoms with van der Waals surface area (Å²) in [4.78, 5) is 11.7. The van der Waals surface area contributed by atoms with Gasteiger partial charge in [-0.15, -0.1) is 0 Å². The number of aliphatic hydroxyl groups excluding tert-OH is 1. The molecule has 0 saturated carbocycles. The molecule has 2 rings (SSSR count). The minimum absolute atomic E-state index is 0.0513. The second-order valence-corrected chi connectivity index (χ2v) is 8.15. The number of ketones is 1. The van der Waals surface area contributed by atoms with Gasteiger partial charge in [-0.05, 0) is 0 Å². The monoisotopic (exact) mass is 390 g/mol. The van der Waals surface area contributed by atoms with Crippen LogP contribution in [0.4, 0.5) is 5.69 Å². The molecule has 7 nitrogen and oxygen atoms in total. The normalized spacial score (nSPS) is 13.0. The Morgan fingerprint density at radius 1 is 1.00 bits per heavy atom. The minimum atomic E-state index is -5.19. The summed E-state index contributed by atoms with van der Waals surface area (Å²) in [6.07, 6.45) is 0. The first kappa shape index (κ1) is 17.9. The predicted octanol–water partition coefficient (Wildman–Crippen LogP) is 1.85. The standard InChI is InChI=1S/C16H15AsN2O5/c1-11(20)15(16(21)12-7-3-2-4-8-12)19-18-14-10-6-5-9-13(14)17(22,23)24/h2-10,21H,1H3,(H2,22,23,24). The van der Waals surface area contributed by atoms with Crippen molar-refractivity contribution in [1.82, 2.24) is 0 Å². The molecule has 0 aliphatic carbocycles. The Balaban J connectivity index is 2.49. The first-order chi connectivity index (χ1) is 11.3. The van der Waals surface area contributed by atoms with Crippen molar-refractivity contribution in [2.75, 3.05) is 0 Å². The van der Waals surface area contributed by atoms with E-state index in [-0.39, 0.29) is 21.5 Å². The Kier molecular flexibility index (Phi) is 5.51. The SMILES string of the molecule is CC(=O)C(N=Nc1ccccc1[As](=O)(O)O)=C(O)c1ccccc1. The molecule has 3 N–H and O–H groups in total. The Morgan fingerprint density at radius 2 is 1.58 bits per heavy atom. The van der Waals surface area contributed by atoms with E-state index in [1.54, 1.807) is 30.3 Å². The molecule has 0 saturated heterocycles. The van der Waals surface area contributed by atoms with Crippen molar-refractivity contribution in [2.45, 2.75) is 6.92 Å². The summed E-state index contributed by atoms with van der Waals surface area (Å²) in [6.45, 7) is 1.21. The van der Waals surface area contributed by atoms with E-state index in [9.17, 15) is 21.8 Å². The molecule has 0 amide bonds. The molecule has 0 unspecified atom stereocenters. The molecule has 2 aromatic carbocycles. The van der Waals surface area contributed by atoms with Gasteiger partial charge in [-0.2, -0.15) is 0 Å². The molecule has 0 fully saturated rings. The van der Waals surface area contributed by atoms with Gasteiger partial charge in [0.15, 0.2) is 0 Å². The third-order valence-electron chi connectivity index (χ3n) is 3.06. The number of hydrogen-bond donors (Lipinski definition) is 3. The average Bonchev–Trinajstić information content (AvgIpc) is 2.55. The van der Waals surface area contributed by atoms with Crippen molar-refractivity contribution >= 4 is 35.8 Å². The van der Waals surface area contributed by atoms with E-state index in [0.29, 0.717) is 5.56 Å². The average molecular weight is 390 g/mol. The molecule has 0 spiro atoms. The molecule has 124 valence electrons. The Morgan fingerprint density at radius 3 is 2.17 bits per heavy atom. The first-order valence-corrected chi connectivity index (χ1v) is 10.3. The quantitative estimate of drug-likeness (QED) is 0.312. The summed E-state index contributed by atoms with van der Waals surface area (Å²) in [5, 5.41) is 17.7. The second kappa shape index (κ2) is 7.40. The maximum atomic E-state index is 11.7. The van der Waals surface area contributed by atoms with E-state index in [4.69, 9.17) is 0 Å². The number of allylic oxidation sites excluding steroid dienone is 1. The van der Waals surface area contributed by atoms with E-state index in [0.717, 1.165) is 0 Å².